The Morgan fingerprint density at radius 1 is 1.03 bits per heavy atom. The van der Waals surface area contributed by atoms with Crippen molar-refractivity contribution in [1.29, 1.82) is 0 Å². The molecule has 0 saturated carbocycles. The molecular weight excluding hydrogens is 366 g/mol. The van der Waals surface area contributed by atoms with E-state index in [1.54, 1.807) is 29.4 Å². The minimum Gasteiger partial charge on any atom is -0.332 e. The first-order valence-electron chi connectivity index (χ1n) is 9.32. The molecule has 0 aliphatic carbocycles. The van der Waals surface area contributed by atoms with Crippen LogP contribution in [-0.2, 0) is 16.8 Å². The summed E-state index contributed by atoms with van der Waals surface area (Å²) < 4.78 is 0. The molecule has 4 rings (SSSR count). The van der Waals surface area contributed by atoms with E-state index in [0.717, 1.165) is 16.9 Å². The number of para-hydroxylation sites is 1. The number of nitrogens with one attached hydrogen (secondary N) is 2. The lowest BCUT2D eigenvalue weighted by Crippen LogP contribution is -2.33. The second kappa shape index (κ2) is 7.35. The summed E-state index contributed by atoms with van der Waals surface area (Å²) in [6.45, 7) is 4.14. The number of amides is 3. The van der Waals surface area contributed by atoms with Gasteiger partial charge in [0.15, 0.2) is 0 Å². The van der Waals surface area contributed by atoms with Crippen LogP contribution in [0.2, 0.25) is 0 Å². The number of hydrogen-bond acceptors (Lipinski definition) is 4. The molecule has 3 aromatic rings. The van der Waals surface area contributed by atoms with Crippen LogP contribution in [0.4, 0.5) is 22.0 Å². The number of aromatic nitrogens is 2. The number of urea groups is 1. The van der Waals surface area contributed by atoms with Crippen molar-refractivity contribution in [3.8, 4) is 0 Å². The second-order valence-electron chi connectivity index (χ2n) is 7.31. The van der Waals surface area contributed by atoms with Gasteiger partial charge in [-0.1, -0.05) is 24.3 Å². The van der Waals surface area contributed by atoms with Gasteiger partial charge in [0.1, 0.15) is 5.82 Å². The molecule has 29 heavy (non-hydrogen) atoms. The Balaban J connectivity index is 1.52. The van der Waals surface area contributed by atoms with Crippen LogP contribution in [0, 0.1) is 0 Å². The van der Waals surface area contributed by atoms with Crippen molar-refractivity contribution in [1.82, 2.24) is 15.3 Å². The largest absolute Gasteiger partial charge is 0.332 e. The third-order valence-corrected chi connectivity index (χ3v) is 4.96. The Labute approximate surface area is 168 Å². The summed E-state index contributed by atoms with van der Waals surface area (Å²) >= 11 is 0. The van der Waals surface area contributed by atoms with E-state index in [1.165, 1.54) is 0 Å². The average molecular weight is 387 g/mol. The number of carbonyl (C=O) groups excluding carboxylic acids is 2. The molecule has 1 aliphatic heterocycles. The van der Waals surface area contributed by atoms with E-state index in [4.69, 9.17) is 0 Å². The second-order valence-corrected chi connectivity index (χ2v) is 7.31. The third kappa shape index (κ3) is 3.54. The van der Waals surface area contributed by atoms with Crippen molar-refractivity contribution in [3.63, 3.8) is 0 Å². The van der Waals surface area contributed by atoms with Gasteiger partial charge in [-0.05, 0) is 43.7 Å². The van der Waals surface area contributed by atoms with Crippen LogP contribution < -0.4 is 15.5 Å². The maximum Gasteiger partial charge on any atom is 0.320 e. The highest BCUT2D eigenvalue weighted by Gasteiger charge is 2.44. The summed E-state index contributed by atoms with van der Waals surface area (Å²) in [5.74, 6) is 0.339. The zero-order chi connectivity index (χ0) is 20.4. The van der Waals surface area contributed by atoms with E-state index in [2.05, 4.69) is 20.6 Å². The summed E-state index contributed by atoms with van der Waals surface area (Å²) in [5, 5.41) is 5.45. The lowest BCUT2D eigenvalue weighted by atomic mass is 9.86. The van der Waals surface area contributed by atoms with Crippen LogP contribution in [-0.4, -0.2) is 21.9 Å². The summed E-state index contributed by atoms with van der Waals surface area (Å²) in [6.07, 6.45) is 3.25. The fraction of sp³-hybridized carbons (Fsp3) is 0.182. The molecule has 0 atom stereocenters. The number of nitrogens with zero attached hydrogens (tertiary/aromatic N) is 3. The molecule has 1 aliphatic rings. The van der Waals surface area contributed by atoms with Crippen LogP contribution in [0.25, 0.3) is 0 Å². The van der Waals surface area contributed by atoms with Crippen molar-refractivity contribution in [2.24, 2.45) is 0 Å². The van der Waals surface area contributed by atoms with Crippen LogP contribution in [0.15, 0.2) is 67.0 Å². The first kappa shape index (κ1) is 18.6. The zero-order valence-electron chi connectivity index (χ0n) is 16.2. The number of benzene rings is 1. The molecule has 1 aromatic carbocycles. The fourth-order valence-electron chi connectivity index (χ4n) is 3.42. The molecule has 0 bridgehead atoms. The van der Waals surface area contributed by atoms with Crippen molar-refractivity contribution in [2.45, 2.75) is 25.8 Å². The lowest BCUT2D eigenvalue weighted by Gasteiger charge is -2.21. The maximum atomic E-state index is 13.1. The number of rotatable bonds is 4. The van der Waals surface area contributed by atoms with Gasteiger partial charge in [0.05, 0.1) is 29.0 Å². The highest BCUT2D eigenvalue weighted by Crippen LogP contribution is 2.45. The third-order valence-electron chi connectivity index (χ3n) is 4.96. The van der Waals surface area contributed by atoms with Gasteiger partial charge in [-0.2, -0.15) is 0 Å². The molecular formula is C22H21N5O2. The van der Waals surface area contributed by atoms with E-state index >= 15 is 0 Å². The number of fused-ring (bicyclic) bond motifs is 1. The number of carbonyl (C=O) groups is 2. The smallest absolute Gasteiger partial charge is 0.320 e. The molecule has 0 saturated heterocycles. The van der Waals surface area contributed by atoms with Crippen molar-refractivity contribution < 1.29 is 9.59 Å². The Morgan fingerprint density at radius 2 is 1.83 bits per heavy atom. The quantitative estimate of drug-likeness (QED) is 0.714. The Bertz CT molecular complexity index is 1070. The summed E-state index contributed by atoms with van der Waals surface area (Å²) in [5.41, 5.74) is 2.62. The van der Waals surface area contributed by atoms with Gasteiger partial charge in [-0.15, -0.1) is 0 Å². The van der Waals surface area contributed by atoms with Crippen LogP contribution >= 0.6 is 0 Å². The monoisotopic (exact) mass is 387 g/mol. The molecule has 0 radical (unpaired) electrons. The van der Waals surface area contributed by atoms with E-state index < -0.39 is 11.4 Å². The van der Waals surface area contributed by atoms with Crippen molar-refractivity contribution in [3.05, 3.63) is 78.2 Å². The molecule has 0 unspecified atom stereocenters. The van der Waals surface area contributed by atoms with Crippen molar-refractivity contribution >= 4 is 29.1 Å². The fourth-order valence-corrected chi connectivity index (χ4v) is 3.42. The summed E-state index contributed by atoms with van der Waals surface area (Å²) in [6, 6.07) is 16.3. The topological polar surface area (TPSA) is 87.2 Å². The molecule has 2 aromatic heterocycles. The Morgan fingerprint density at radius 3 is 2.62 bits per heavy atom. The van der Waals surface area contributed by atoms with Gasteiger partial charge in [0, 0.05) is 18.5 Å². The lowest BCUT2D eigenvalue weighted by molar-refractivity contribution is -0.121. The highest BCUT2D eigenvalue weighted by molar-refractivity contribution is 6.12. The molecule has 146 valence electrons. The van der Waals surface area contributed by atoms with Crippen LogP contribution in [0.3, 0.4) is 0 Å². The van der Waals surface area contributed by atoms with E-state index in [0.29, 0.717) is 18.1 Å². The average Bonchev–Trinajstić information content (AvgIpc) is 2.93. The number of hydrogen-bond donors (Lipinski definition) is 2. The molecule has 0 spiro atoms. The predicted molar refractivity (Wildman–Crippen MR) is 111 cm³/mol. The zero-order valence-corrected chi connectivity index (χ0v) is 16.2. The van der Waals surface area contributed by atoms with Gasteiger partial charge in [-0.3, -0.25) is 20.0 Å². The molecule has 2 N–H and O–H groups in total. The van der Waals surface area contributed by atoms with Gasteiger partial charge in [0.25, 0.3) is 0 Å². The highest BCUT2D eigenvalue weighted by atomic mass is 16.2. The first-order chi connectivity index (χ1) is 14.0. The standard InChI is InChI=1S/C22H21N5O2/c1-22(2)17-8-3-4-9-18(17)27(20(22)28)16-10-12-24-19(13-16)26-21(29)25-14-15-7-5-6-11-23-15/h3-13H,14H2,1-2H3,(H2,24,25,26,29). The Kier molecular flexibility index (Phi) is 4.72. The van der Waals surface area contributed by atoms with Gasteiger partial charge in [-0.25, -0.2) is 9.78 Å². The molecule has 0 fully saturated rings. The SMILES string of the molecule is CC1(C)C(=O)N(c2ccnc(NC(=O)NCc3ccccn3)c2)c2ccccc21. The maximum absolute atomic E-state index is 13.1. The molecule has 7 nitrogen and oxygen atoms in total. The summed E-state index contributed by atoms with van der Waals surface area (Å²) in [4.78, 5) is 35.3. The van der Waals surface area contributed by atoms with Gasteiger partial charge >= 0.3 is 6.03 Å². The van der Waals surface area contributed by atoms with Crippen LogP contribution in [0.1, 0.15) is 25.1 Å². The van der Waals surface area contributed by atoms with Crippen molar-refractivity contribution in [2.75, 3.05) is 10.2 Å². The van der Waals surface area contributed by atoms with E-state index in [9.17, 15) is 9.59 Å². The van der Waals surface area contributed by atoms with E-state index in [-0.39, 0.29) is 5.91 Å². The number of pyridine rings is 2. The molecule has 7 heteroatoms. The molecule has 3 heterocycles. The first-order valence-corrected chi connectivity index (χ1v) is 9.32. The number of anilines is 3. The summed E-state index contributed by atoms with van der Waals surface area (Å²) in [7, 11) is 0. The molecule has 3 amide bonds. The van der Waals surface area contributed by atoms with Crippen LogP contribution in [0.5, 0.6) is 0 Å². The minimum atomic E-state index is -0.618. The normalized spacial score (nSPS) is 14.4. The Hall–Kier alpha value is -3.74. The predicted octanol–water partition coefficient (Wildman–Crippen LogP) is 3.75. The van der Waals surface area contributed by atoms with E-state index in [1.807, 2.05) is 56.3 Å². The van der Waals surface area contributed by atoms with Gasteiger partial charge < -0.3 is 5.32 Å². The minimum absolute atomic E-state index is 0.0181. The van der Waals surface area contributed by atoms with Gasteiger partial charge in [0.2, 0.25) is 5.91 Å².